The van der Waals surface area contributed by atoms with Crippen molar-refractivity contribution in [1.82, 2.24) is 0 Å². The zero-order chi connectivity index (χ0) is 12.8. The standard InChI is InChI=1S/C16H26O2/c17-15-7-3-1-5-13(9-11-15)14-6-2-4-8-16(18)12-10-14/h9-18H,1-8H2/b11-9-,12-10-/t13-,14-,15-,16-/m1/s1. The van der Waals surface area contributed by atoms with Gasteiger partial charge in [0.1, 0.15) is 0 Å². The fourth-order valence-electron chi connectivity index (χ4n) is 3.11. The van der Waals surface area contributed by atoms with Crippen LogP contribution in [0, 0.1) is 11.8 Å². The van der Waals surface area contributed by atoms with Gasteiger partial charge in [0.2, 0.25) is 0 Å². The lowest BCUT2D eigenvalue weighted by Crippen LogP contribution is -2.17. The maximum absolute atomic E-state index is 9.73. The van der Waals surface area contributed by atoms with Crippen molar-refractivity contribution < 1.29 is 10.2 Å². The van der Waals surface area contributed by atoms with Crippen LogP contribution in [0.25, 0.3) is 0 Å². The van der Waals surface area contributed by atoms with Gasteiger partial charge in [-0.2, -0.15) is 0 Å². The summed E-state index contributed by atoms with van der Waals surface area (Å²) in [6, 6.07) is 0. The third kappa shape index (κ3) is 4.25. The third-order valence-electron chi connectivity index (χ3n) is 4.29. The maximum atomic E-state index is 9.73. The van der Waals surface area contributed by atoms with E-state index in [4.69, 9.17) is 0 Å². The predicted octanol–water partition coefficient (Wildman–Crippen LogP) is 3.20. The molecule has 0 aromatic carbocycles. The van der Waals surface area contributed by atoms with Crippen molar-refractivity contribution in [3.8, 4) is 0 Å². The molecule has 2 rings (SSSR count). The van der Waals surface area contributed by atoms with Crippen LogP contribution in [0.4, 0.5) is 0 Å². The smallest absolute Gasteiger partial charge is 0.0721 e. The Balaban J connectivity index is 2.02. The number of allylic oxidation sites excluding steroid dienone is 2. The monoisotopic (exact) mass is 250 g/mol. The molecule has 2 aliphatic carbocycles. The van der Waals surface area contributed by atoms with Gasteiger partial charge in [0.15, 0.2) is 0 Å². The Morgan fingerprint density at radius 3 is 1.39 bits per heavy atom. The van der Waals surface area contributed by atoms with Gasteiger partial charge in [0.05, 0.1) is 12.2 Å². The average molecular weight is 250 g/mol. The predicted molar refractivity (Wildman–Crippen MR) is 74.2 cm³/mol. The van der Waals surface area contributed by atoms with Crippen molar-refractivity contribution in [2.45, 2.75) is 63.6 Å². The molecule has 0 bridgehead atoms. The fraction of sp³-hybridized carbons (Fsp3) is 0.750. The zero-order valence-corrected chi connectivity index (χ0v) is 11.2. The van der Waals surface area contributed by atoms with Crippen LogP contribution in [-0.4, -0.2) is 22.4 Å². The summed E-state index contributed by atoms with van der Waals surface area (Å²) >= 11 is 0. The van der Waals surface area contributed by atoms with Gasteiger partial charge < -0.3 is 10.2 Å². The molecule has 2 aliphatic rings. The number of rotatable bonds is 1. The molecule has 0 amide bonds. The normalized spacial score (nSPS) is 42.1. The molecule has 0 radical (unpaired) electrons. The van der Waals surface area contributed by atoms with Crippen molar-refractivity contribution in [2.24, 2.45) is 11.8 Å². The second kappa shape index (κ2) is 7.10. The molecule has 2 nitrogen and oxygen atoms in total. The number of hydrogen-bond donors (Lipinski definition) is 2. The van der Waals surface area contributed by atoms with Gasteiger partial charge in [-0.05, 0) is 37.5 Å². The van der Waals surface area contributed by atoms with Gasteiger partial charge in [-0.3, -0.25) is 0 Å². The molecule has 0 fully saturated rings. The lowest BCUT2D eigenvalue weighted by Gasteiger charge is -2.26. The first kappa shape index (κ1) is 13.8. The minimum atomic E-state index is -0.254. The Hall–Kier alpha value is -0.600. The van der Waals surface area contributed by atoms with Crippen LogP contribution in [0.2, 0.25) is 0 Å². The summed E-state index contributed by atoms with van der Waals surface area (Å²) in [6.07, 6.45) is 16.8. The van der Waals surface area contributed by atoms with E-state index in [0.717, 1.165) is 25.7 Å². The first-order valence-corrected chi connectivity index (χ1v) is 7.48. The topological polar surface area (TPSA) is 40.5 Å². The number of hydrogen-bond acceptors (Lipinski definition) is 2. The molecule has 0 saturated carbocycles. The SMILES string of the molecule is O[C@H]1/C=C\[C@H]([C@H]2/C=C\[C@H](O)CCCC2)CCCC1. The fourth-order valence-corrected chi connectivity index (χ4v) is 3.11. The molecule has 0 spiro atoms. The van der Waals surface area contributed by atoms with Crippen LogP contribution in [0.5, 0.6) is 0 Å². The van der Waals surface area contributed by atoms with E-state index in [2.05, 4.69) is 12.2 Å². The van der Waals surface area contributed by atoms with E-state index in [0.29, 0.717) is 11.8 Å². The lowest BCUT2D eigenvalue weighted by atomic mass is 9.81. The summed E-state index contributed by atoms with van der Waals surface area (Å²) in [5.74, 6) is 1.09. The Bertz CT molecular complexity index is 265. The highest BCUT2D eigenvalue weighted by Crippen LogP contribution is 2.30. The lowest BCUT2D eigenvalue weighted by molar-refractivity contribution is 0.195. The second-order valence-electron chi connectivity index (χ2n) is 5.80. The van der Waals surface area contributed by atoms with Crippen molar-refractivity contribution in [3.05, 3.63) is 24.3 Å². The highest BCUT2D eigenvalue weighted by Gasteiger charge is 2.20. The van der Waals surface area contributed by atoms with Crippen LogP contribution in [0.1, 0.15) is 51.4 Å². The molecular weight excluding hydrogens is 224 g/mol. The second-order valence-corrected chi connectivity index (χ2v) is 5.80. The zero-order valence-electron chi connectivity index (χ0n) is 11.2. The maximum Gasteiger partial charge on any atom is 0.0721 e. The molecule has 0 saturated heterocycles. The van der Waals surface area contributed by atoms with E-state index in [9.17, 15) is 10.2 Å². The summed E-state index contributed by atoms with van der Waals surface area (Å²) in [5.41, 5.74) is 0. The van der Waals surface area contributed by atoms with Crippen LogP contribution in [0.3, 0.4) is 0 Å². The first-order chi connectivity index (χ1) is 8.75. The Kier molecular flexibility index (Phi) is 5.45. The minimum Gasteiger partial charge on any atom is -0.389 e. The quantitative estimate of drug-likeness (QED) is 0.702. The highest BCUT2D eigenvalue weighted by atomic mass is 16.3. The van der Waals surface area contributed by atoms with Crippen LogP contribution in [0.15, 0.2) is 24.3 Å². The van der Waals surface area contributed by atoms with Crippen LogP contribution >= 0.6 is 0 Å². The summed E-state index contributed by atoms with van der Waals surface area (Å²) < 4.78 is 0. The van der Waals surface area contributed by atoms with Crippen molar-refractivity contribution >= 4 is 0 Å². The molecule has 0 aromatic rings. The highest BCUT2D eigenvalue weighted by molar-refractivity contribution is 5.04. The van der Waals surface area contributed by atoms with E-state index in [1.54, 1.807) is 0 Å². The van der Waals surface area contributed by atoms with Gasteiger partial charge in [0.25, 0.3) is 0 Å². The van der Waals surface area contributed by atoms with E-state index in [-0.39, 0.29) is 12.2 Å². The van der Waals surface area contributed by atoms with Crippen LogP contribution in [-0.2, 0) is 0 Å². The average Bonchev–Trinajstić information content (AvgIpc) is 2.31. The molecular formula is C16H26O2. The summed E-state index contributed by atoms with van der Waals surface area (Å²) in [5, 5.41) is 19.5. The Morgan fingerprint density at radius 2 is 0.944 bits per heavy atom. The van der Waals surface area contributed by atoms with E-state index in [1.807, 2.05) is 12.2 Å². The van der Waals surface area contributed by atoms with E-state index < -0.39 is 0 Å². The third-order valence-corrected chi connectivity index (χ3v) is 4.29. The molecule has 0 aliphatic heterocycles. The summed E-state index contributed by atoms with van der Waals surface area (Å²) in [6.45, 7) is 0. The van der Waals surface area contributed by atoms with Crippen molar-refractivity contribution in [1.29, 1.82) is 0 Å². The van der Waals surface area contributed by atoms with Gasteiger partial charge in [-0.25, -0.2) is 0 Å². The molecule has 0 unspecified atom stereocenters. The van der Waals surface area contributed by atoms with Gasteiger partial charge in [0, 0.05) is 0 Å². The van der Waals surface area contributed by atoms with Crippen molar-refractivity contribution in [2.75, 3.05) is 0 Å². The Morgan fingerprint density at radius 1 is 0.556 bits per heavy atom. The Labute approximate surface area is 110 Å². The van der Waals surface area contributed by atoms with E-state index >= 15 is 0 Å². The van der Waals surface area contributed by atoms with Crippen LogP contribution < -0.4 is 0 Å². The first-order valence-electron chi connectivity index (χ1n) is 7.48. The largest absolute Gasteiger partial charge is 0.389 e. The summed E-state index contributed by atoms with van der Waals surface area (Å²) in [7, 11) is 0. The van der Waals surface area contributed by atoms with Crippen molar-refractivity contribution in [3.63, 3.8) is 0 Å². The molecule has 2 N–H and O–H groups in total. The van der Waals surface area contributed by atoms with Gasteiger partial charge in [-0.15, -0.1) is 0 Å². The van der Waals surface area contributed by atoms with Gasteiger partial charge in [-0.1, -0.05) is 50.0 Å². The minimum absolute atomic E-state index is 0.254. The molecule has 2 heteroatoms. The molecule has 4 atom stereocenters. The number of aliphatic hydroxyl groups excluding tert-OH is 2. The molecule has 0 aromatic heterocycles. The molecule has 18 heavy (non-hydrogen) atoms. The number of aliphatic hydroxyl groups is 2. The van der Waals surface area contributed by atoms with Gasteiger partial charge >= 0.3 is 0 Å². The molecule has 102 valence electrons. The molecule has 0 heterocycles. The van der Waals surface area contributed by atoms with E-state index in [1.165, 1.54) is 25.7 Å². The summed E-state index contributed by atoms with van der Waals surface area (Å²) in [4.78, 5) is 0.